The van der Waals surface area contributed by atoms with Crippen molar-refractivity contribution in [3.63, 3.8) is 0 Å². The lowest BCUT2D eigenvalue weighted by Gasteiger charge is -2.22. The molecule has 3 aromatic carbocycles. The summed E-state index contributed by atoms with van der Waals surface area (Å²) in [5.41, 5.74) is 6.05. The lowest BCUT2D eigenvalue weighted by Crippen LogP contribution is -2.29. The first-order chi connectivity index (χ1) is 13.6. The van der Waals surface area contributed by atoms with Crippen molar-refractivity contribution in [1.82, 2.24) is 5.32 Å². The van der Waals surface area contributed by atoms with E-state index in [0.717, 1.165) is 6.42 Å². The van der Waals surface area contributed by atoms with Crippen LogP contribution in [0.1, 0.15) is 59.5 Å². The van der Waals surface area contributed by atoms with Gasteiger partial charge in [0, 0.05) is 12.3 Å². The molecule has 0 aromatic heterocycles. The minimum atomic E-state index is 0.0407. The Morgan fingerprint density at radius 2 is 1.36 bits per heavy atom. The average Bonchev–Trinajstić information content (AvgIpc) is 2.73. The molecule has 1 N–H and O–H groups in total. The number of aryl methyl sites for hydroxylation is 2. The molecule has 0 aliphatic heterocycles. The Hall–Kier alpha value is -2.87. The average molecular weight is 372 g/mol. The molecule has 0 aliphatic carbocycles. The predicted molar refractivity (Wildman–Crippen MR) is 116 cm³/mol. The number of nitrogens with one attached hydrogen (secondary N) is 1. The Morgan fingerprint density at radius 3 is 1.86 bits per heavy atom. The molecule has 0 saturated heterocycles. The zero-order chi connectivity index (χ0) is 19.9. The summed E-state index contributed by atoms with van der Waals surface area (Å²) >= 11 is 0. The highest BCUT2D eigenvalue weighted by atomic mass is 16.1. The summed E-state index contributed by atoms with van der Waals surface area (Å²) in [6, 6.07) is 27.1. The van der Waals surface area contributed by atoms with E-state index in [2.05, 4.69) is 68.6 Å². The van der Waals surface area contributed by atoms with Crippen molar-refractivity contribution in [2.75, 3.05) is 0 Å². The van der Waals surface area contributed by atoms with Crippen molar-refractivity contribution in [1.29, 1.82) is 0 Å². The maximum Gasteiger partial charge on any atom is 0.221 e. The van der Waals surface area contributed by atoms with Gasteiger partial charge in [-0.3, -0.25) is 4.79 Å². The van der Waals surface area contributed by atoms with Gasteiger partial charge in [0.05, 0.1) is 6.04 Å². The van der Waals surface area contributed by atoms with Crippen LogP contribution in [-0.4, -0.2) is 5.91 Å². The van der Waals surface area contributed by atoms with E-state index in [4.69, 9.17) is 0 Å². The number of carbonyl (C=O) groups is 1. The number of benzene rings is 3. The molecule has 144 valence electrons. The molecular formula is C26H29NO. The van der Waals surface area contributed by atoms with Crippen LogP contribution in [0.15, 0.2) is 78.9 Å². The SMILES string of the molecule is CCC(NC(=O)CC(c1ccccc1)c1ccccc1)c1ccc(C)c(C)c1. The van der Waals surface area contributed by atoms with Crippen molar-refractivity contribution < 1.29 is 4.79 Å². The number of rotatable bonds is 7. The van der Waals surface area contributed by atoms with Gasteiger partial charge in [0.2, 0.25) is 5.91 Å². The van der Waals surface area contributed by atoms with Gasteiger partial charge >= 0.3 is 0 Å². The maximum atomic E-state index is 13.0. The van der Waals surface area contributed by atoms with Gasteiger partial charge in [-0.2, -0.15) is 0 Å². The van der Waals surface area contributed by atoms with Crippen molar-refractivity contribution in [2.45, 2.75) is 45.6 Å². The van der Waals surface area contributed by atoms with Gasteiger partial charge in [0.15, 0.2) is 0 Å². The van der Waals surface area contributed by atoms with Gasteiger partial charge in [-0.05, 0) is 48.1 Å². The van der Waals surface area contributed by atoms with Crippen LogP contribution >= 0.6 is 0 Å². The third-order valence-corrected chi connectivity index (χ3v) is 5.47. The van der Waals surface area contributed by atoms with Crippen molar-refractivity contribution >= 4 is 5.91 Å². The molecule has 0 aliphatic rings. The minimum absolute atomic E-state index is 0.0407. The summed E-state index contributed by atoms with van der Waals surface area (Å²) in [5.74, 6) is 0.141. The molecule has 0 bridgehead atoms. The monoisotopic (exact) mass is 371 g/mol. The highest BCUT2D eigenvalue weighted by Gasteiger charge is 2.20. The van der Waals surface area contributed by atoms with E-state index in [1.54, 1.807) is 0 Å². The van der Waals surface area contributed by atoms with Crippen LogP contribution in [0.2, 0.25) is 0 Å². The Labute approximate surface area is 168 Å². The minimum Gasteiger partial charge on any atom is -0.349 e. The zero-order valence-electron chi connectivity index (χ0n) is 17.0. The Bertz CT molecular complexity index is 863. The second-order valence-electron chi connectivity index (χ2n) is 7.45. The molecular weight excluding hydrogens is 342 g/mol. The molecule has 3 rings (SSSR count). The molecule has 2 nitrogen and oxygen atoms in total. The summed E-state index contributed by atoms with van der Waals surface area (Å²) in [6.45, 7) is 6.35. The van der Waals surface area contributed by atoms with Crippen molar-refractivity contribution in [2.24, 2.45) is 0 Å². The van der Waals surface area contributed by atoms with Crippen LogP contribution in [0.25, 0.3) is 0 Å². The zero-order valence-corrected chi connectivity index (χ0v) is 17.0. The lowest BCUT2D eigenvalue weighted by molar-refractivity contribution is -0.122. The fraction of sp³-hybridized carbons (Fsp3) is 0.269. The molecule has 0 fully saturated rings. The van der Waals surface area contributed by atoms with Gasteiger partial charge in [-0.15, -0.1) is 0 Å². The van der Waals surface area contributed by atoms with Crippen molar-refractivity contribution in [3.05, 3.63) is 107 Å². The highest BCUT2D eigenvalue weighted by molar-refractivity contribution is 5.78. The fourth-order valence-corrected chi connectivity index (χ4v) is 3.64. The molecule has 0 saturated carbocycles. The van der Waals surface area contributed by atoms with E-state index < -0.39 is 0 Å². The van der Waals surface area contributed by atoms with E-state index in [0.29, 0.717) is 6.42 Å². The Balaban J connectivity index is 1.78. The maximum absolute atomic E-state index is 13.0. The summed E-state index contributed by atoms with van der Waals surface area (Å²) < 4.78 is 0. The van der Waals surface area contributed by atoms with Crippen LogP contribution < -0.4 is 5.32 Å². The standard InChI is InChI=1S/C26H29NO/c1-4-25(23-16-15-19(2)20(3)17-23)27-26(28)18-24(21-11-7-5-8-12-21)22-13-9-6-10-14-22/h5-17,24-25H,4,18H2,1-3H3,(H,27,28). The van der Waals surface area contributed by atoms with Crippen LogP contribution in [-0.2, 0) is 4.79 Å². The second kappa shape index (κ2) is 9.36. The molecule has 1 amide bonds. The van der Waals surface area contributed by atoms with E-state index in [-0.39, 0.29) is 17.9 Å². The van der Waals surface area contributed by atoms with Crippen molar-refractivity contribution in [3.8, 4) is 0 Å². The molecule has 3 aromatic rings. The van der Waals surface area contributed by atoms with E-state index >= 15 is 0 Å². The van der Waals surface area contributed by atoms with Gasteiger partial charge in [-0.25, -0.2) is 0 Å². The highest BCUT2D eigenvalue weighted by Crippen LogP contribution is 2.28. The molecule has 1 atom stereocenters. The summed E-state index contributed by atoms with van der Waals surface area (Å²) in [6.07, 6.45) is 1.31. The fourth-order valence-electron chi connectivity index (χ4n) is 3.64. The molecule has 0 spiro atoms. The summed E-state index contributed by atoms with van der Waals surface area (Å²) in [5, 5.41) is 3.26. The van der Waals surface area contributed by atoms with E-state index in [9.17, 15) is 4.79 Å². The van der Waals surface area contributed by atoms with Crippen LogP contribution in [0.4, 0.5) is 0 Å². The van der Waals surface area contributed by atoms with Crippen LogP contribution in [0, 0.1) is 13.8 Å². The molecule has 2 heteroatoms. The number of hydrogen-bond acceptors (Lipinski definition) is 1. The lowest BCUT2D eigenvalue weighted by atomic mass is 9.88. The third kappa shape index (κ3) is 4.89. The molecule has 0 heterocycles. The number of amides is 1. The summed E-state index contributed by atoms with van der Waals surface area (Å²) in [7, 11) is 0. The number of hydrogen-bond donors (Lipinski definition) is 1. The third-order valence-electron chi connectivity index (χ3n) is 5.47. The second-order valence-corrected chi connectivity index (χ2v) is 7.45. The van der Waals surface area contributed by atoms with Crippen LogP contribution in [0.5, 0.6) is 0 Å². The first-order valence-electron chi connectivity index (χ1n) is 10.0. The number of carbonyl (C=O) groups excluding carboxylic acids is 1. The molecule has 0 radical (unpaired) electrons. The molecule has 28 heavy (non-hydrogen) atoms. The van der Waals surface area contributed by atoms with E-state index in [1.165, 1.54) is 27.8 Å². The Morgan fingerprint density at radius 1 is 0.786 bits per heavy atom. The van der Waals surface area contributed by atoms with Gasteiger partial charge in [0.25, 0.3) is 0 Å². The van der Waals surface area contributed by atoms with E-state index in [1.807, 2.05) is 36.4 Å². The smallest absolute Gasteiger partial charge is 0.221 e. The van der Waals surface area contributed by atoms with Crippen LogP contribution in [0.3, 0.4) is 0 Å². The molecule has 1 unspecified atom stereocenters. The largest absolute Gasteiger partial charge is 0.349 e. The summed E-state index contributed by atoms with van der Waals surface area (Å²) in [4.78, 5) is 13.0. The quantitative estimate of drug-likeness (QED) is 0.535. The predicted octanol–water partition coefficient (Wildman–Crippen LogP) is 6.09. The van der Waals surface area contributed by atoms with Gasteiger partial charge < -0.3 is 5.32 Å². The Kier molecular flexibility index (Phi) is 6.65. The van der Waals surface area contributed by atoms with Gasteiger partial charge in [0.1, 0.15) is 0 Å². The first-order valence-corrected chi connectivity index (χ1v) is 10.0. The van der Waals surface area contributed by atoms with Gasteiger partial charge in [-0.1, -0.05) is 85.8 Å². The first kappa shape index (κ1) is 19.9. The topological polar surface area (TPSA) is 29.1 Å². The normalized spacial score (nSPS) is 12.0.